The van der Waals surface area contributed by atoms with Gasteiger partial charge in [0, 0.05) is 68.1 Å². The number of carbonyl (C=O) groups excluding carboxylic acids is 1. The van der Waals surface area contributed by atoms with Gasteiger partial charge in [-0.15, -0.1) is 6.42 Å². The number of rotatable bonds is 6. The zero-order valence-corrected chi connectivity index (χ0v) is 28.6. The first-order valence-corrected chi connectivity index (χ1v) is 17.7. The molecule has 276 valence electrons. The molecular formula is C38H35F5N6O4. The van der Waals surface area contributed by atoms with Gasteiger partial charge in [0.2, 0.25) is 5.91 Å². The summed E-state index contributed by atoms with van der Waals surface area (Å²) in [6, 6.07) is 5.11. The van der Waals surface area contributed by atoms with Crippen LogP contribution in [0.5, 0.6) is 11.8 Å². The fourth-order valence-electron chi connectivity index (χ4n) is 8.90. The lowest BCUT2D eigenvalue weighted by atomic mass is 9.79. The number of pyridine rings is 1. The summed E-state index contributed by atoms with van der Waals surface area (Å²) < 4.78 is 86.2. The lowest BCUT2D eigenvalue weighted by molar-refractivity contribution is -0.149. The Morgan fingerprint density at radius 1 is 1.13 bits per heavy atom. The average molecular weight is 735 g/mol. The van der Waals surface area contributed by atoms with Crippen molar-refractivity contribution >= 4 is 33.4 Å². The highest BCUT2D eigenvalue weighted by atomic mass is 19.3. The Labute approximate surface area is 300 Å². The minimum atomic E-state index is -2.97. The number of phenolic OH excluding ortho intramolecular Hbond substituents is 1. The third-order valence-corrected chi connectivity index (χ3v) is 11.6. The largest absolute Gasteiger partial charge is 0.508 e. The number of terminal acetylenes is 1. The molecule has 53 heavy (non-hydrogen) atoms. The normalized spacial score (nSPS) is 26.0. The van der Waals surface area contributed by atoms with Gasteiger partial charge in [-0.2, -0.15) is 9.97 Å². The number of hydrogen-bond donors (Lipinski definition) is 1. The molecule has 1 amide bonds. The second kappa shape index (κ2) is 12.1. The van der Waals surface area contributed by atoms with Gasteiger partial charge in [-0.25, -0.2) is 22.0 Å². The van der Waals surface area contributed by atoms with E-state index in [2.05, 4.69) is 20.8 Å². The molecule has 2 aromatic heterocycles. The number of anilines is 1. The molecule has 5 aliphatic rings. The number of amides is 1. The molecule has 10 nitrogen and oxygen atoms in total. The molecular weight excluding hydrogens is 699 g/mol. The fraction of sp³-hybridized carbons (Fsp3) is 0.474. The number of alkyl halides is 3. The molecule has 4 aliphatic heterocycles. The SMILES string of the molecule is C#Cc1c(F)ccc2cc(O)cc(-c3ncc4c(N5CCOCC6(CN(C(=O)[C@H]7CC7(F)F)C6)C5)nc(OC[C@@]56CCCN5C[C@H](F)C6)nc4c3F)c12. The van der Waals surface area contributed by atoms with E-state index in [9.17, 15) is 27.5 Å². The van der Waals surface area contributed by atoms with Gasteiger partial charge < -0.3 is 24.4 Å². The quantitative estimate of drug-likeness (QED) is 0.215. The third kappa shape index (κ3) is 5.60. The number of nitrogens with zero attached hydrogens (tertiary/aromatic N) is 6. The maximum atomic E-state index is 17.0. The molecule has 5 fully saturated rings. The Bertz CT molecular complexity index is 2230. The first kappa shape index (κ1) is 34.0. The summed E-state index contributed by atoms with van der Waals surface area (Å²) >= 11 is 0. The zero-order chi connectivity index (χ0) is 36.9. The van der Waals surface area contributed by atoms with Crippen molar-refractivity contribution in [3.05, 3.63) is 47.7 Å². The highest BCUT2D eigenvalue weighted by molar-refractivity contribution is 6.03. The van der Waals surface area contributed by atoms with E-state index in [-0.39, 0.29) is 83.6 Å². The van der Waals surface area contributed by atoms with Crippen LogP contribution < -0.4 is 9.64 Å². The number of ether oxygens (including phenoxy) is 2. The lowest BCUT2D eigenvalue weighted by Gasteiger charge is -2.50. The van der Waals surface area contributed by atoms with Crippen LogP contribution in [0.15, 0.2) is 30.5 Å². The molecule has 0 radical (unpaired) electrons. The van der Waals surface area contributed by atoms with E-state index in [1.165, 1.54) is 35.4 Å². The van der Waals surface area contributed by atoms with Crippen molar-refractivity contribution in [2.75, 3.05) is 64.0 Å². The van der Waals surface area contributed by atoms with Gasteiger partial charge in [-0.05, 0) is 43.0 Å². The summed E-state index contributed by atoms with van der Waals surface area (Å²) in [7, 11) is 0. The molecule has 9 rings (SSSR count). The number of fused-ring (bicyclic) bond motifs is 3. The number of benzene rings is 2. The van der Waals surface area contributed by atoms with Crippen LogP contribution in [0.1, 0.15) is 31.2 Å². The molecule has 3 atom stereocenters. The predicted octanol–water partition coefficient (Wildman–Crippen LogP) is 5.09. The van der Waals surface area contributed by atoms with Crippen molar-refractivity contribution in [3.63, 3.8) is 0 Å². The molecule has 4 saturated heterocycles. The van der Waals surface area contributed by atoms with E-state index in [4.69, 9.17) is 20.9 Å². The molecule has 1 N–H and O–H groups in total. The van der Waals surface area contributed by atoms with E-state index in [0.717, 1.165) is 19.4 Å². The van der Waals surface area contributed by atoms with Gasteiger partial charge >= 0.3 is 6.01 Å². The van der Waals surface area contributed by atoms with Crippen LogP contribution >= 0.6 is 0 Å². The number of likely N-dealkylation sites (tertiary alicyclic amines) is 1. The maximum Gasteiger partial charge on any atom is 0.319 e. The van der Waals surface area contributed by atoms with Crippen LogP contribution in [0.4, 0.5) is 27.8 Å². The van der Waals surface area contributed by atoms with E-state index in [1.54, 1.807) is 0 Å². The van der Waals surface area contributed by atoms with E-state index >= 15 is 4.39 Å². The van der Waals surface area contributed by atoms with Gasteiger partial charge in [0.25, 0.3) is 5.92 Å². The second-order valence-corrected chi connectivity index (χ2v) is 15.2. The highest BCUT2D eigenvalue weighted by Gasteiger charge is 2.64. The smallest absolute Gasteiger partial charge is 0.319 e. The van der Waals surface area contributed by atoms with E-state index in [1.807, 2.05) is 4.90 Å². The van der Waals surface area contributed by atoms with Crippen molar-refractivity contribution in [2.45, 2.75) is 43.3 Å². The van der Waals surface area contributed by atoms with Crippen molar-refractivity contribution in [1.82, 2.24) is 24.8 Å². The third-order valence-electron chi connectivity index (χ3n) is 11.6. The molecule has 4 aromatic rings. The number of aromatic hydroxyl groups is 1. The summed E-state index contributed by atoms with van der Waals surface area (Å²) in [5, 5.41) is 11.4. The van der Waals surface area contributed by atoms with Crippen molar-refractivity contribution in [2.24, 2.45) is 11.3 Å². The molecule has 2 aromatic carbocycles. The summed E-state index contributed by atoms with van der Waals surface area (Å²) in [5.41, 5.74) is -1.62. The highest BCUT2D eigenvalue weighted by Crippen LogP contribution is 2.51. The van der Waals surface area contributed by atoms with Gasteiger partial charge in [0.1, 0.15) is 47.3 Å². The predicted molar refractivity (Wildman–Crippen MR) is 183 cm³/mol. The Morgan fingerprint density at radius 2 is 1.94 bits per heavy atom. The fourth-order valence-corrected chi connectivity index (χ4v) is 8.90. The van der Waals surface area contributed by atoms with E-state index < -0.39 is 52.9 Å². The zero-order valence-electron chi connectivity index (χ0n) is 28.6. The number of aromatic nitrogens is 3. The lowest BCUT2D eigenvalue weighted by Crippen LogP contribution is -2.64. The number of phenols is 1. The first-order chi connectivity index (χ1) is 25.4. The summed E-state index contributed by atoms with van der Waals surface area (Å²) in [6.07, 6.45) is 7.54. The monoisotopic (exact) mass is 734 g/mol. The summed E-state index contributed by atoms with van der Waals surface area (Å²) in [6.45, 7) is 2.70. The van der Waals surface area contributed by atoms with E-state index in [0.29, 0.717) is 31.4 Å². The van der Waals surface area contributed by atoms with Gasteiger partial charge in [0.05, 0.1) is 29.7 Å². The molecule has 1 saturated carbocycles. The van der Waals surface area contributed by atoms with Gasteiger partial charge in [-0.3, -0.25) is 14.7 Å². The average Bonchev–Trinajstić information content (AvgIpc) is 3.54. The molecule has 0 bridgehead atoms. The summed E-state index contributed by atoms with van der Waals surface area (Å²) in [4.78, 5) is 31.9. The summed E-state index contributed by atoms with van der Waals surface area (Å²) in [5.74, 6) is -4.04. The molecule has 1 aliphatic carbocycles. The topological polar surface area (TPSA) is 104 Å². The Hall–Kier alpha value is -4.81. The van der Waals surface area contributed by atoms with Crippen molar-refractivity contribution < 1.29 is 41.3 Å². The minimum absolute atomic E-state index is 0.0532. The van der Waals surface area contributed by atoms with Crippen molar-refractivity contribution in [1.29, 1.82) is 0 Å². The Kier molecular flexibility index (Phi) is 7.76. The Morgan fingerprint density at radius 3 is 2.72 bits per heavy atom. The molecule has 15 heteroatoms. The van der Waals surface area contributed by atoms with Gasteiger partial charge in [0.15, 0.2) is 5.82 Å². The molecule has 0 unspecified atom stereocenters. The van der Waals surface area contributed by atoms with Gasteiger partial charge in [-0.1, -0.05) is 12.0 Å². The van der Waals surface area contributed by atoms with Crippen LogP contribution in [0.2, 0.25) is 0 Å². The first-order valence-electron chi connectivity index (χ1n) is 17.7. The standard InChI is InChI=1S/C38H35F5N6O4/c1-2-24-28(40)5-4-21-10-23(50)11-25(29(21)24)31-30(41)32-26(14-44-31)33(46-35(45-32)53-20-37-6-3-7-49(37)15-22(39)12-37)47-8-9-52-19-36(16-47)17-48(18-36)34(51)27-13-38(27,42)43/h1,4-5,10-11,14,22,27,50H,3,6-9,12-13,15-20H2/t22-,27-,37+/m1/s1. The number of hydrogen-bond acceptors (Lipinski definition) is 9. The number of carbonyl (C=O) groups is 1. The Balaban J connectivity index is 1.13. The molecule has 1 spiro atoms. The van der Waals surface area contributed by atoms with Crippen molar-refractivity contribution in [3.8, 4) is 35.4 Å². The second-order valence-electron chi connectivity index (χ2n) is 15.2. The molecule has 6 heterocycles. The van der Waals surface area contributed by atoms with Crippen LogP contribution in [-0.4, -0.2) is 112 Å². The van der Waals surface area contributed by atoms with Crippen LogP contribution in [-0.2, 0) is 9.53 Å². The maximum absolute atomic E-state index is 17.0. The van der Waals surface area contributed by atoms with Crippen LogP contribution in [0.3, 0.4) is 0 Å². The minimum Gasteiger partial charge on any atom is -0.508 e. The van der Waals surface area contributed by atoms with Crippen LogP contribution in [0.25, 0.3) is 32.9 Å². The number of halogens is 5. The van der Waals surface area contributed by atoms with Crippen LogP contribution in [0, 0.1) is 35.3 Å².